The molecule has 5 saturated heterocycles. The van der Waals surface area contributed by atoms with Crippen molar-refractivity contribution in [1.82, 2.24) is 0 Å². The van der Waals surface area contributed by atoms with Gasteiger partial charge in [0.1, 0.15) is 53.9 Å². The number of phenols is 2. The molecule has 71 heavy (non-hydrogen) atoms. The largest absolute Gasteiger partial charge is 0.507 e. The molecule has 8 rings (SSSR count). The lowest BCUT2D eigenvalue weighted by molar-refractivity contribution is -0.329. The van der Waals surface area contributed by atoms with E-state index in [0.717, 1.165) is 0 Å². The molecule has 23 atom stereocenters. The number of ketones is 1. The summed E-state index contributed by atoms with van der Waals surface area (Å²) in [5, 5.41) is 108. The van der Waals surface area contributed by atoms with E-state index in [9.17, 15) is 60.7 Å². The van der Waals surface area contributed by atoms with Gasteiger partial charge in [-0.15, -0.1) is 0 Å². The van der Waals surface area contributed by atoms with Crippen molar-refractivity contribution in [2.45, 2.75) is 215 Å². The summed E-state index contributed by atoms with van der Waals surface area (Å²) in [7, 11) is 1.17. The Bertz CT molecular complexity index is 2190. The van der Waals surface area contributed by atoms with Crippen LogP contribution in [0.1, 0.15) is 88.2 Å². The van der Waals surface area contributed by atoms with Gasteiger partial charge in [-0.1, -0.05) is 0 Å². The minimum atomic E-state index is -1.61. The number of fused-ring (bicyclic) bond motifs is 2. The number of aliphatic hydroxyl groups excluding tert-OH is 7. The van der Waals surface area contributed by atoms with Gasteiger partial charge in [-0.2, -0.15) is 0 Å². The molecule has 10 N–H and O–H groups in total. The number of carbonyl (C=O) groups excluding carboxylic acids is 1. The summed E-state index contributed by atoms with van der Waals surface area (Å²) < 4.78 is 65.7. The molecule has 23 nitrogen and oxygen atoms in total. The van der Waals surface area contributed by atoms with Crippen molar-refractivity contribution in [1.29, 1.82) is 0 Å². The second-order valence-corrected chi connectivity index (χ2v) is 19.8. The molecule has 5 aliphatic heterocycles. The third-order valence-corrected chi connectivity index (χ3v) is 14.7. The molecular formula is C48H68O23. The first-order chi connectivity index (χ1) is 33.5. The van der Waals surface area contributed by atoms with Gasteiger partial charge in [0.25, 0.3) is 0 Å². The molecule has 0 saturated carbocycles. The van der Waals surface area contributed by atoms with Crippen LogP contribution in [0.2, 0.25) is 0 Å². The number of rotatable bonds is 13. The number of aliphatic carboxylic acids is 1. The smallest absolute Gasteiger partial charge is 0.333 e. The molecule has 1 aliphatic carbocycles. The van der Waals surface area contributed by atoms with E-state index in [1.165, 1.54) is 26.2 Å². The molecule has 5 heterocycles. The average molecular weight is 1010 g/mol. The predicted octanol–water partition coefficient (Wildman–Crippen LogP) is 0.134. The Kier molecular flexibility index (Phi) is 16.5. The fraction of sp³-hybridized carbons (Fsp3) is 0.750. The van der Waals surface area contributed by atoms with Crippen LogP contribution in [0.5, 0.6) is 17.2 Å². The van der Waals surface area contributed by atoms with Crippen molar-refractivity contribution in [2.75, 3.05) is 7.11 Å². The van der Waals surface area contributed by atoms with Gasteiger partial charge in [-0.3, -0.25) is 4.79 Å². The molecule has 0 amide bonds. The number of carbonyl (C=O) groups is 2. The standard InChI is InChI=1S/C48H68O23/c1-16-27(67-33-13-28(41(54)19(4)64-33)68-31-11-25(49)39(52)17(2)62-31)10-23-8-22-9-24(47(61-7)48(59)60)46(45(58)37(22)44(57)36(23)38(16)51)71-35-15-30(43(56)21(6)66-35)70-34-14-29(42(55)20(5)65-34)69-32-12-26(50)40(53)18(3)63-32/h8,10,17-21,24-26,28-35,39-43,46-47,49-57H,9,11-15H2,1-7H3,(H,59,60)/t17-,18-,19-,20-,21-,24-,25-,26+,28-,29-,30-,31+,32+,33+,34+,35+,39-,40-,41-,42+,43-,46+,47+/m1/s1. The van der Waals surface area contributed by atoms with Crippen molar-refractivity contribution in [3.8, 4) is 17.2 Å². The Morgan fingerprint density at radius 2 is 1.03 bits per heavy atom. The van der Waals surface area contributed by atoms with Gasteiger partial charge in [-0.05, 0) is 71.0 Å². The molecule has 398 valence electrons. The zero-order valence-electron chi connectivity index (χ0n) is 40.5. The number of benzene rings is 2. The van der Waals surface area contributed by atoms with E-state index in [4.69, 9.17) is 52.1 Å². The maximum atomic E-state index is 14.7. The van der Waals surface area contributed by atoms with Gasteiger partial charge in [0.05, 0.1) is 72.0 Å². The Balaban J connectivity index is 1.01. The Labute approximate surface area is 408 Å². The summed E-state index contributed by atoms with van der Waals surface area (Å²) in [5.74, 6) is -4.37. The van der Waals surface area contributed by atoms with E-state index >= 15 is 0 Å². The van der Waals surface area contributed by atoms with E-state index in [2.05, 4.69) is 0 Å². The number of Topliss-reactive ketones (excluding diaryl/α,β-unsaturated/α-hetero) is 1. The first-order valence-corrected chi connectivity index (χ1v) is 24.2. The lowest BCUT2D eigenvalue weighted by atomic mass is 9.76. The first-order valence-electron chi connectivity index (χ1n) is 24.2. The van der Waals surface area contributed by atoms with E-state index in [1.54, 1.807) is 34.6 Å². The molecule has 2 aromatic carbocycles. The number of aliphatic hydroxyl groups is 7. The van der Waals surface area contributed by atoms with E-state index in [1.807, 2.05) is 0 Å². The highest BCUT2D eigenvalue weighted by Crippen LogP contribution is 2.47. The molecule has 0 spiro atoms. The van der Waals surface area contributed by atoms with E-state index < -0.39 is 164 Å². The fourth-order valence-electron chi connectivity index (χ4n) is 10.6. The SMILES string of the molecule is CO[C@H](C(=O)O)[C@@H]1Cc2cc3cc(O[C@H]4C[C@@H](O[C@H]5C[C@@H](O)[C@H](O)[C@@H](C)O5)[C@H](O)[C@@H](C)O4)c(C)c(O)c3c(O)c2C(=O)[C@H]1O[C@H]1C[C@@H](O[C@H]2C[C@@H](O[C@H]3C[C@H](O)[C@H](O)[C@@H](C)O3)[C@@H](O)[C@@H](C)O2)[C@H](O)[C@@H](C)O1. The second kappa shape index (κ2) is 21.8. The highest BCUT2D eigenvalue weighted by Gasteiger charge is 2.50. The van der Waals surface area contributed by atoms with Crippen LogP contribution in [0.25, 0.3) is 10.8 Å². The van der Waals surface area contributed by atoms with Crippen LogP contribution < -0.4 is 4.74 Å². The number of carboxylic acid groups (broad SMARTS) is 1. The van der Waals surface area contributed by atoms with Gasteiger partial charge in [0, 0.05) is 50.7 Å². The van der Waals surface area contributed by atoms with Crippen LogP contribution in [0.3, 0.4) is 0 Å². The van der Waals surface area contributed by atoms with Gasteiger partial charge >= 0.3 is 5.97 Å². The van der Waals surface area contributed by atoms with Crippen LogP contribution in [0, 0.1) is 12.8 Å². The molecule has 0 unspecified atom stereocenters. The zero-order valence-corrected chi connectivity index (χ0v) is 40.5. The Morgan fingerprint density at radius 3 is 1.48 bits per heavy atom. The van der Waals surface area contributed by atoms with Crippen LogP contribution in [0.15, 0.2) is 12.1 Å². The molecule has 6 aliphatic rings. The number of carboxylic acids is 1. The fourth-order valence-corrected chi connectivity index (χ4v) is 10.6. The summed E-state index contributed by atoms with van der Waals surface area (Å²) >= 11 is 0. The van der Waals surface area contributed by atoms with Crippen LogP contribution >= 0.6 is 0 Å². The molecule has 23 heteroatoms. The zero-order chi connectivity index (χ0) is 51.5. The number of hydrogen-bond acceptors (Lipinski definition) is 22. The third-order valence-electron chi connectivity index (χ3n) is 14.7. The highest BCUT2D eigenvalue weighted by atomic mass is 16.7. The normalized spacial score (nSPS) is 42.6. The van der Waals surface area contributed by atoms with Gasteiger partial charge < -0.3 is 103 Å². The lowest BCUT2D eigenvalue weighted by Crippen LogP contribution is -2.56. The molecule has 5 fully saturated rings. The molecule has 0 radical (unpaired) electrons. The molecule has 0 bridgehead atoms. The average Bonchev–Trinajstić information content (AvgIpc) is 3.29. The highest BCUT2D eigenvalue weighted by molar-refractivity contribution is 6.11. The second-order valence-electron chi connectivity index (χ2n) is 19.8. The predicted molar refractivity (Wildman–Crippen MR) is 239 cm³/mol. The summed E-state index contributed by atoms with van der Waals surface area (Å²) in [6.45, 7) is 9.45. The van der Waals surface area contributed by atoms with Crippen molar-refractivity contribution in [3.05, 3.63) is 28.8 Å². The van der Waals surface area contributed by atoms with Gasteiger partial charge in [-0.25, -0.2) is 4.79 Å². The molecule has 2 aromatic rings. The number of hydrogen-bond donors (Lipinski definition) is 10. The minimum absolute atomic E-state index is 0.0190. The maximum absolute atomic E-state index is 14.7. The van der Waals surface area contributed by atoms with Gasteiger partial charge in [0.2, 0.25) is 6.29 Å². The monoisotopic (exact) mass is 1010 g/mol. The molecular weight excluding hydrogens is 945 g/mol. The van der Waals surface area contributed by atoms with Crippen molar-refractivity contribution in [2.24, 2.45) is 5.92 Å². The summed E-state index contributed by atoms with van der Waals surface area (Å²) in [6.07, 6.45) is -23.8. The van der Waals surface area contributed by atoms with E-state index in [-0.39, 0.29) is 71.7 Å². The topological polar surface area (TPSA) is 338 Å². The number of phenolic OH excluding ortho intramolecular Hbond substituents is 2. The molecule has 0 aromatic heterocycles. The van der Waals surface area contributed by atoms with E-state index in [0.29, 0.717) is 0 Å². The third kappa shape index (κ3) is 11.0. The van der Waals surface area contributed by atoms with Crippen molar-refractivity contribution >= 4 is 22.5 Å². The Hall–Kier alpha value is -3.44. The summed E-state index contributed by atoms with van der Waals surface area (Å²) in [6, 6.07) is 3.04. The number of methoxy groups -OCH3 is 1. The quantitative estimate of drug-likeness (QED) is 0.128. The van der Waals surface area contributed by atoms with Crippen molar-refractivity contribution < 1.29 is 113 Å². The summed E-state index contributed by atoms with van der Waals surface area (Å²) in [4.78, 5) is 27.4. The van der Waals surface area contributed by atoms with Crippen LogP contribution in [0.4, 0.5) is 0 Å². The first kappa shape index (κ1) is 53.8. The maximum Gasteiger partial charge on any atom is 0.333 e. The lowest BCUT2D eigenvalue weighted by Gasteiger charge is -2.45. The minimum Gasteiger partial charge on any atom is -0.507 e. The van der Waals surface area contributed by atoms with Crippen LogP contribution in [-0.4, -0.2) is 205 Å². The van der Waals surface area contributed by atoms with Crippen molar-refractivity contribution in [3.63, 3.8) is 0 Å². The van der Waals surface area contributed by atoms with Gasteiger partial charge in [0.15, 0.2) is 37.0 Å². The van der Waals surface area contributed by atoms with Crippen LogP contribution in [-0.2, 0) is 58.6 Å². The summed E-state index contributed by atoms with van der Waals surface area (Å²) in [5.41, 5.74) is 0.134. The number of ether oxygens (including phenoxy) is 11. The Morgan fingerprint density at radius 1 is 0.606 bits per heavy atom. The number of aromatic hydroxyl groups is 2.